The SMILES string of the molecule is Cc1nn2c(C(C)C)c(C(=O)N3CCCC3c3ccccc3)ccc2c1-c1c(F)cccc1F. The quantitative estimate of drug-likeness (QED) is 0.341. The van der Waals surface area contributed by atoms with Gasteiger partial charge in [-0.2, -0.15) is 5.10 Å². The van der Waals surface area contributed by atoms with Crippen molar-refractivity contribution in [2.45, 2.75) is 45.6 Å². The standard InChI is InChI=1S/C28H27F2N3O/c1-17(2)27-20(28(34)32-16-8-13-23(32)19-9-5-4-6-10-19)14-15-24-25(18(3)31-33(24)27)26-21(29)11-7-12-22(26)30/h4-7,9-12,14-15,17,23H,8,13,16H2,1-3H3. The van der Waals surface area contributed by atoms with Crippen molar-refractivity contribution in [2.75, 3.05) is 6.54 Å². The number of pyridine rings is 1. The third-order valence-corrected chi connectivity index (χ3v) is 6.70. The summed E-state index contributed by atoms with van der Waals surface area (Å²) in [6, 6.07) is 17.5. The number of hydrogen-bond acceptors (Lipinski definition) is 2. The average Bonchev–Trinajstić information content (AvgIpc) is 3.43. The van der Waals surface area contributed by atoms with Gasteiger partial charge in [-0.3, -0.25) is 4.79 Å². The summed E-state index contributed by atoms with van der Waals surface area (Å²) in [6.07, 6.45) is 1.87. The Bertz CT molecular complexity index is 1360. The first kappa shape index (κ1) is 22.3. The van der Waals surface area contributed by atoms with Crippen molar-refractivity contribution < 1.29 is 13.6 Å². The smallest absolute Gasteiger partial charge is 0.256 e. The predicted octanol–water partition coefficient (Wildman–Crippen LogP) is 6.69. The van der Waals surface area contributed by atoms with Crippen LogP contribution in [0.25, 0.3) is 16.6 Å². The number of hydrogen-bond donors (Lipinski definition) is 0. The first-order valence-corrected chi connectivity index (χ1v) is 11.7. The summed E-state index contributed by atoms with van der Waals surface area (Å²) in [5.74, 6) is -1.33. The molecule has 6 heteroatoms. The van der Waals surface area contributed by atoms with Crippen LogP contribution in [-0.4, -0.2) is 27.0 Å². The summed E-state index contributed by atoms with van der Waals surface area (Å²) < 4.78 is 31.0. The molecule has 0 saturated carbocycles. The van der Waals surface area contributed by atoms with Gasteiger partial charge >= 0.3 is 0 Å². The van der Waals surface area contributed by atoms with Gasteiger partial charge in [-0.1, -0.05) is 50.2 Å². The molecule has 1 atom stereocenters. The zero-order valence-corrected chi connectivity index (χ0v) is 19.6. The first-order chi connectivity index (χ1) is 16.4. The summed E-state index contributed by atoms with van der Waals surface area (Å²) in [5.41, 5.74) is 3.88. The highest BCUT2D eigenvalue weighted by molar-refractivity contribution is 5.97. The van der Waals surface area contributed by atoms with Crippen molar-refractivity contribution in [3.8, 4) is 11.1 Å². The van der Waals surface area contributed by atoms with Gasteiger partial charge in [0.05, 0.1) is 34.1 Å². The van der Waals surface area contributed by atoms with Crippen LogP contribution in [-0.2, 0) is 0 Å². The van der Waals surface area contributed by atoms with E-state index >= 15 is 0 Å². The Kier molecular flexibility index (Phi) is 5.68. The fraction of sp³-hybridized carbons (Fsp3) is 0.286. The normalized spacial score (nSPS) is 16.1. The van der Waals surface area contributed by atoms with Gasteiger partial charge in [-0.15, -0.1) is 0 Å². The Balaban J connectivity index is 1.65. The van der Waals surface area contributed by atoms with E-state index in [1.165, 1.54) is 18.2 Å². The Morgan fingerprint density at radius 2 is 1.68 bits per heavy atom. The number of benzene rings is 2. The second-order valence-corrected chi connectivity index (χ2v) is 9.21. The molecule has 1 saturated heterocycles. The second-order valence-electron chi connectivity index (χ2n) is 9.21. The average molecular weight is 460 g/mol. The summed E-state index contributed by atoms with van der Waals surface area (Å²) in [7, 11) is 0. The molecule has 2 aromatic heterocycles. The molecule has 174 valence electrons. The number of fused-ring (bicyclic) bond motifs is 1. The topological polar surface area (TPSA) is 37.6 Å². The predicted molar refractivity (Wildman–Crippen MR) is 129 cm³/mol. The number of amides is 1. The van der Waals surface area contributed by atoms with Crippen LogP contribution in [0, 0.1) is 18.6 Å². The van der Waals surface area contributed by atoms with Gasteiger partial charge in [0.15, 0.2) is 0 Å². The molecule has 0 bridgehead atoms. The molecular formula is C28H27F2N3O. The fourth-order valence-electron chi connectivity index (χ4n) is 5.21. The van der Waals surface area contributed by atoms with Gasteiger partial charge in [-0.25, -0.2) is 13.3 Å². The molecule has 1 aliphatic heterocycles. The van der Waals surface area contributed by atoms with Crippen molar-refractivity contribution in [1.29, 1.82) is 0 Å². The van der Waals surface area contributed by atoms with Crippen LogP contribution in [0.4, 0.5) is 8.78 Å². The van der Waals surface area contributed by atoms with E-state index in [-0.39, 0.29) is 23.4 Å². The van der Waals surface area contributed by atoms with Crippen molar-refractivity contribution in [1.82, 2.24) is 14.5 Å². The third-order valence-electron chi connectivity index (χ3n) is 6.70. The molecule has 3 heterocycles. The van der Waals surface area contributed by atoms with E-state index in [0.29, 0.717) is 28.9 Å². The molecule has 34 heavy (non-hydrogen) atoms. The highest BCUT2D eigenvalue weighted by atomic mass is 19.1. The summed E-state index contributed by atoms with van der Waals surface area (Å²) in [5, 5.41) is 4.65. The van der Waals surface area contributed by atoms with E-state index in [9.17, 15) is 13.6 Å². The van der Waals surface area contributed by atoms with Crippen molar-refractivity contribution in [3.05, 3.63) is 94.8 Å². The molecule has 2 aromatic carbocycles. The van der Waals surface area contributed by atoms with E-state index in [1.807, 2.05) is 36.9 Å². The Labute approximate surface area is 197 Å². The van der Waals surface area contributed by atoms with Crippen LogP contribution >= 0.6 is 0 Å². The molecule has 0 N–H and O–H groups in total. The van der Waals surface area contributed by atoms with Gasteiger partial charge in [0.25, 0.3) is 5.91 Å². The Morgan fingerprint density at radius 3 is 2.35 bits per heavy atom. The van der Waals surface area contributed by atoms with Gasteiger partial charge in [0, 0.05) is 12.1 Å². The number of halogens is 2. The Hall–Kier alpha value is -3.54. The molecule has 4 aromatic rings. The van der Waals surface area contributed by atoms with Crippen LogP contribution in [0.3, 0.4) is 0 Å². The summed E-state index contributed by atoms with van der Waals surface area (Å²) >= 11 is 0. The lowest BCUT2D eigenvalue weighted by molar-refractivity contribution is 0.0733. The van der Waals surface area contributed by atoms with Crippen molar-refractivity contribution in [3.63, 3.8) is 0 Å². The minimum absolute atomic E-state index is 0.0296. The maximum atomic E-state index is 14.7. The molecule has 1 fully saturated rings. The Morgan fingerprint density at radius 1 is 0.971 bits per heavy atom. The number of rotatable bonds is 4. The van der Waals surface area contributed by atoms with Gasteiger partial charge in [0.2, 0.25) is 0 Å². The largest absolute Gasteiger partial charge is 0.332 e. The van der Waals surface area contributed by atoms with Gasteiger partial charge in [0.1, 0.15) is 11.6 Å². The number of carbonyl (C=O) groups is 1. The molecule has 0 radical (unpaired) electrons. The maximum absolute atomic E-state index is 14.7. The lowest BCUT2D eigenvalue weighted by Gasteiger charge is -2.27. The maximum Gasteiger partial charge on any atom is 0.256 e. The number of nitrogens with zero attached hydrogens (tertiary/aromatic N) is 3. The second kappa shape index (κ2) is 8.67. The minimum atomic E-state index is -0.632. The van der Waals surface area contributed by atoms with Crippen molar-refractivity contribution >= 4 is 11.4 Å². The van der Waals surface area contributed by atoms with E-state index in [1.54, 1.807) is 23.6 Å². The molecular weight excluding hydrogens is 432 g/mol. The summed E-state index contributed by atoms with van der Waals surface area (Å²) in [4.78, 5) is 15.8. The van der Waals surface area contributed by atoms with Crippen LogP contribution in [0.1, 0.15) is 66.0 Å². The highest BCUT2D eigenvalue weighted by Crippen LogP contribution is 2.37. The number of aryl methyl sites for hydroxylation is 1. The van der Waals surface area contributed by atoms with Crippen molar-refractivity contribution in [2.24, 2.45) is 0 Å². The molecule has 1 amide bonds. The van der Waals surface area contributed by atoms with Gasteiger partial charge in [-0.05, 0) is 55.5 Å². The molecule has 1 unspecified atom stereocenters. The molecule has 5 rings (SSSR count). The van der Waals surface area contributed by atoms with Crippen LogP contribution in [0.15, 0.2) is 60.7 Å². The molecule has 0 aliphatic carbocycles. The molecule has 1 aliphatic rings. The third kappa shape index (κ3) is 3.58. The van der Waals surface area contributed by atoms with Crippen LogP contribution in [0.2, 0.25) is 0 Å². The van der Waals surface area contributed by atoms with Gasteiger partial charge < -0.3 is 4.90 Å². The minimum Gasteiger partial charge on any atom is -0.332 e. The first-order valence-electron chi connectivity index (χ1n) is 11.7. The van der Waals surface area contributed by atoms with Crippen LogP contribution < -0.4 is 0 Å². The molecule has 4 nitrogen and oxygen atoms in total. The number of aromatic nitrogens is 2. The number of likely N-dealkylation sites (tertiary alicyclic amines) is 1. The molecule has 0 spiro atoms. The lowest BCUT2D eigenvalue weighted by Crippen LogP contribution is -2.32. The number of carbonyl (C=O) groups excluding carboxylic acids is 1. The zero-order valence-electron chi connectivity index (χ0n) is 19.6. The fourth-order valence-corrected chi connectivity index (χ4v) is 5.21. The van der Waals surface area contributed by atoms with E-state index in [2.05, 4.69) is 17.2 Å². The zero-order chi connectivity index (χ0) is 24.0. The van der Waals surface area contributed by atoms with E-state index in [4.69, 9.17) is 0 Å². The highest BCUT2D eigenvalue weighted by Gasteiger charge is 2.33. The van der Waals surface area contributed by atoms with E-state index in [0.717, 1.165) is 24.1 Å². The summed E-state index contributed by atoms with van der Waals surface area (Å²) in [6.45, 7) is 6.44. The monoisotopic (exact) mass is 459 g/mol. The lowest BCUT2D eigenvalue weighted by atomic mass is 9.98. The van der Waals surface area contributed by atoms with E-state index < -0.39 is 11.6 Å². The van der Waals surface area contributed by atoms with Crippen LogP contribution in [0.5, 0.6) is 0 Å².